The number of anilines is 1. The molecule has 0 radical (unpaired) electrons. The predicted octanol–water partition coefficient (Wildman–Crippen LogP) is 6.81. The van der Waals surface area contributed by atoms with Crippen LogP contribution in [0, 0.1) is 23.3 Å². The van der Waals surface area contributed by atoms with E-state index in [1.54, 1.807) is 31.2 Å². The molecule has 0 fully saturated rings. The summed E-state index contributed by atoms with van der Waals surface area (Å²) in [4.78, 5) is 0. The molecule has 0 heterocycles. The number of nitrogens with zero attached hydrogens (tertiary/aromatic N) is 3. The summed E-state index contributed by atoms with van der Waals surface area (Å²) in [6.07, 6.45) is 1.33. The highest BCUT2D eigenvalue weighted by molar-refractivity contribution is 5.67. The molecule has 0 atom stereocenters. The van der Waals surface area contributed by atoms with E-state index in [4.69, 9.17) is 0 Å². The maximum Gasteiger partial charge on any atom is 0.159 e. The van der Waals surface area contributed by atoms with Crippen LogP contribution in [0.1, 0.15) is 12.5 Å². The van der Waals surface area contributed by atoms with Gasteiger partial charge in [0.1, 0.15) is 5.69 Å². The molecule has 0 aliphatic heterocycles. The molecule has 0 amide bonds. The van der Waals surface area contributed by atoms with E-state index < -0.39 is 34.6 Å². The molecule has 0 aliphatic carbocycles. The molecule has 0 bridgehead atoms. The number of para-hydroxylation sites is 1. The summed E-state index contributed by atoms with van der Waals surface area (Å²) < 4.78 is 56.2. The van der Waals surface area contributed by atoms with E-state index in [0.717, 1.165) is 34.8 Å². The first-order chi connectivity index (χ1) is 13.5. The molecule has 0 saturated heterocycles. The Morgan fingerprint density at radius 3 is 1.86 bits per heavy atom. The van der Waals surface area contributed by atoms with E-state index >= 15 is 0 Å². The molecule has 28 heavy (non-hydrogen) atoms. The van der Waals surface area contributed by atoms with E-state index in [9.17, 15) is 17.6 Å². The van der Waals surface area contributed by atoms with E-state index in [2.05, 4.69) is 10.3 Å². The summed E-state index contributed by atoms with van der Waals surface area (Å²) >= 11 is 0. The second kappa shape index (κ2) is 8.47. The fourth-order valence-corrected chi connectivity index (χ4v) is 2.48. The second-order valence-corrected chi connectivity index (χ2v) is 5.85. The Bertz CT molecular complexity index is 993. The largest absolute Gasteiger partial charge is 0.216 e. The minimum Gasteiger partial charge on any atom is -0.216 e. The van der Waals surface area contributed by atoms with Gasteiger partial charge in [-0.05, 0) is 42.3 Å². The van der Waals surface area contributed by atoms with Gasteiger partial charge in [-0.3, -0.25) is 0 Å². The SMILES string of the molecule is C/C(=C\N(N=Nc1c(F)cccc1F)c1c(F)cccc1F)c1ccccc1. The maximum atomic E-state index is 14.3. The third-order valence-corrected chi connectivity index (χ3v) is 3.89. The van der Waals surface area contributed by atoms with Crippen molar-refractivity contribution in [1.82, 2.24) is 0 Å². The monoisotopic (exact) mass is 385 g/mol. The smallest absolute Gasteiger partial charge is 0.159 e. The molecule has 0 aliphatic rings. The summed E-state index contributed by atoms with van der Waals surface area (Å²) in [5.74, 6) is -3.68. The van der Waals surface area contributed by atoms with Gasteiger partial charge >= 0.3 is 0 Å². The van der Waals surface area contributed by atoms with Gasteiger partial charge in [0.05, 0.1) is 0 Å². The van der Waals surface area contributed by atoms with Crippen LogP contribution in [-0.4, -0.2) is 0 Å². The molecule has 3 aromatic rings. The number of rotatable bonds is 5. The molecule has 0 aromatic heterocycles. The van der Waals surface area contributed by atoms with Gasteiger partial charge in [0, 0.05) is 6.20 Å². The summed E-state index contributed by atoms with van der Waals surface area (Å²) in [7, 11) is 0. The summed E-state index contributed by atoms with van der Waals surface area (Å²) in [5.41, 5.74) is 0.209. The van der Waals surface area contributed by atoms with Crippen molar-refractivity contribution < 1.29 is 17.6 Å². The zero-order valence-electron chi connectivity index (χ0n) is 14.8. The topological polar surface area (TPSA) is 28.0 Å². The lowest BCUT2D eigenvalue weighted by molar-refractivity contribution is 0.575. The van der Waals surface area contributed by atoms with Gasteiger partial charge < -0.3 is 0 Å². The van der Waals surface area contributed by atoms with Gasteiger partial charge in [0.25, 0.3) is 0 Å². The first-order valence-corrected chi connectivity index (χ1v) is 8.30. The lowest BCUT2D eigenvalue weighted by Gasteiger charge is -2.16. The minimum absolute atomic E-state index is 0.515. The number of hydrogen-bond acceptors (Lipinski definition) is 2. The van der Waals surface area contributed by atoms with Crippen molar-refractivity contribution in [2.24, 2.45) is 10.3 Å². The molecular weight excluding hydrogens is 370 g/mol. The lowest BCUT2D eigenvalue weighted by atomic mass is 10.1. The van der Waals surface area contributed by atoms with Crippen LogP contribution in [0.3, 0.4) is 0 Å². The van der Waals surface area contributed by atoms with Crippen LogP contribution in [0.25, 0.3) is 5.57 Å². The maximum absolute atomic E-state index is 14.3. The molecule has 7 heteroatoms. The van der Waals surface area contributed by atoms with Crippen LogP contribution in [0.5, 0.6) is 0 Å². The molecule has 3 aromatic carbocycles. The van der Waals surface area contributed by atoms with E-state index in [1.165, 1.54) is 18.3 Å². The van der Waals surface area contributed by atoms with Gasteiger partial charge in [-0.15, -0.1) is 5.11 Å². The summed E-state index contributed by atoms with van der Waals surface area (Å²) in [6, 6.07) is 15.5. The third kappa shape index (κ3) is 4.25. The van der Waals surface area contributed by atoms with E-state index in [0.29, 0.717) is 5.57 Å². The van der Waals surface area contributed by atoms with Gasteiger partial charge in [-0.2, -0.15) is 0 Å². The van der Waals surface area contributed by atoms with Crippen molar-refractivity contribution in [3.63, 3.8) is 0 Å². The summed E-state index contributed by atoms with van der Waals surface area (Å²) in [6.45, 7) is 1.71. The van der Waals surface area contributed by atoms with Crippen molar-refractivity contribution in [1.29, 1.82) is 0 Å². The normalized spacial score (nSPS) is 11.8. The Hall–Kier alpha value is -3.48. The van der Waals surface area contributed by atoms with E-state index in [-0.39, 0.29) is 0 Å². The minimum atomic E-state index is -0.943. The highest BCUT2D eigenvalue weighted by atomic mass is 19.1. The quantitative estimate of drug-likeness (QED) is 0.269. The molecule has 0 spiro atoms. The van der Waals surface area contributed by atoms with Crippen LogP contribution in [-0.2, 0) is 0 Å². The van der Waals surface area contributed by atoms with Crippen LogP contribution in [0.15, 0.2) is 83.3 Å². The van der Waals surface area contributed by atoms with Gasteiger partial charge in [0.2, 0.25) is 0 Å². The average Bonchev–Trinajstić information content (AvgIpc) is 2.67. The Morgan fingerprint density at radius 1 is 0.750 bits per heavy atom. The molecule has 3 rings (SSSR count). The van der Waals surface area contributed by atoms with Crippen molar-refractivity contribution in [2.75, 3.05) is 5.01 Å². The number of halogens is 4. The van der Waals surface area contributed by atoms with Crippen molar-refractivity contribution in [3.8, 4) is 0 Å². The van der Waals surface area contributed by atoms with Crippen molar-refractivity contribution in [3.05, 3.63) is 102 Å². The lowest BCUT2D eigenvalue weighted by Crippen LogP contribution is -2.11. The molecule has 0 N–H and O–H groups in total. The van der Waals surface area contributed by atoms with Crippen LogP contribution in [0.2, 0.25) is 0 Å². The Morgan fingerprint density at radius 2 is 1.29 bits per heavy atom. The van der Waals surface area contributed by atoms with Gasteiger partial charge in [-0.1, -0.05) is 47.7 Å². The zero-order chi connectivity index (χ0) is 20.1. The van der Waals surface area contributed by atoms with Crippen LogP contribution in [0.4, 0.5) is 28.9 Å². The average molecular weight is 385 g/mol. The first kappa shape index (κ1) is 19.3. The van der Waals surface area contributed by atoms with E-state index in [1.807, 2.05) is 6.07 Å². The second-order valence-electron chi connectivity index (χ2n) is 5.85. The van der Waals surface area contributed by atoms with Crippen molar-refractivity contribution >= 4 is 16.9 Å². The third-order valence-electron chi connectivity index (χ3n) is 3.89. The fraction of sp³-hybridized carbons (Fsp3) is 0.0476. The van der Waals surface area contributed by atoms with Gasteiger partial charge in [-0.25, -0.2) is 22.6 Å². The van der Waals surface area contributed by atoms with Gasteiger partial charge in [0.15, 0.2) is 29.0 Å². The molecule has 142 valence electrons. The standard InChI is InChI=1S/C21H15F4N3/c1-14(15-7-3-2-4-8-15)13-28(21-18(24)11-6-12-19(21)25)27-26-20-16(22)9-5-10-17(20)23/h2-13H,1H3/b14-13+,27-26?. The Kier molecular flexibility index (Phi) is 5.84. The Balaban J connectivity index is 2.09. The zero-order valence-corrected chi connectivity index (χ0v) is 14.8. The fourth-order valence-electron chi connectivity index (χ4n) is 2.48. The highest BCUT2D eigenvalue weighted by Gasteiger charge is 2.16. The number of hydrogen-bond donors (Lipinski definition) is 0. The molecule has 0 unspecified atom stereocenters. The molecule has 0 saturated carbocycles. The van der Waals surface area contributed by atoms with Crippen LogP contribution < -0.4 is 5.01 Å². The predicted molar refractivity (Wildman–Crippen MR) is 99.8 cm³/mol. The molecule has 3 nitrogen and oxygen atoms in total. The number of allylic oxidation sites excluding steroid dienone is 1. The summed E-state index contributed by atoms with van der Waals surface area (Å²) in [5, 5.41) is 8.05. The van der Waals surface area contributed by atoms with Crippen molar-refractivity contribution in [2.45, 2.75) is 6.92 Å². The molecular formula is C21H15F4N3. The number of benzene rings is 3. The van der Waals surface area contributed by atoms with Crippen LogP contribution >= 0.6 is 0 Å². The Labute approximate surface area is 159 Å². The highest BCUT2D eigenvalue weighted by Crippen LogP contribution is 2.28. The first-order valence-electron chi connectivity index (χ1n) is 8.30.